The normalized spacial score (nSPS) is 33.7. The van der Waals surface area contributed by atoms with Gasteiger partial charge in [0.15, 0.2) is 0 Å². The second kappa shape index (κ2) is 3.34. The third kappa shape index (κ3) is 3.01. The highest BCUT2D eigenvalue weighted by molar-refractivity contribution is 7.57. The SMILES string of the molecule is O=C1CNCP(=O)(O)CCO1. The van der Waals surface area contributed by atoms with Crippen molar-refractivity contribution in [3.8, 4) is 0 Å². The fraction of sp³-hybridized carbons (Fsp3) is 0.800. The van der Waals surface area contributed by atoms with Crippen LogP contribution in [-0.2, 0) is 14.1 Å². The van der Waals surface area contributed by atoms with Gasteiger partial charge in [-0.2, -0.15) is 0 Å². The van der Waals surface area contributed by atoms with Crippen LogP contribution in [0.5, 0.6) is 0 Å². The number of carbonyl (C=O) groups excluding carboxylic acids is 1. The third-order valence-electron chi connectivity index (χ3n) is 1.33. The first-order valence-corrected chi connectivity index (χ1v) is 5.30. The van der Waals surface area contributed by atoms with Crippen molar-refractivity contribution in [2.75, 3.05) is 25.6 Å². The fourth-order valence-electron chi connectivity index (χ4n) is 0.765. The molecule has 1 saturated heterocycles. The molecule has 0 amide bonds. The lowest BCUT2D eigenvalue weighted by molar-refractivity contribution is -0.142. The molecule has 11 heavy (non-hydrogen) atoms. The minimum atomic E-state index is -3.07. The number of nitrogens with one attached hydrogen (secondary N) is 1. The summed E-state index contributed by atoms with van der Waals surface area (Å²) in [7, 11) is -3.07. The number of esters is 1. The van der Waals surface area contributed by atoms with E-state index in [2.05, 4.69) is 10.1 Å². The van der Waals surface area contributed by atoms with Crippen LogP contribution < -0.4 is 5.32 Å². The van der Waals surface area contributed by atoms with E-state index in [0.717, 1.165) is 0 Å². The van der Waals surface area contributed by atoms with Gasteiger partial charge in [-0.05, 0) is 0 Å². The van der Waals surface area contributed by atoms with Crippen molar-refractivity contribution in [1.29, 1.82) is 0 Å². The van der Waals surface area contributed by atoms with Gasteiger partial charge in [0.25, 0.3) is 0 Å². The van der Waals surface area contributed by atoms with E-state index >= 15 is 0 Å². The van der Waals surface area contributed by atoms with Crippen LogP contribution in [0.3, 0.4) is 0 Å². The van der Waals surface area contributed by atoms with Gasteiger partial charge in [-0.1, -0.05) is 0 Å². The van der Waals surface area contributed by atoms with E-state index in [4.69, 9.17) is 4.89 Å². The molecule has 1 heterocycles. The monoisotopic (exact) mass is 179 g/mol. The summed E-state index contributed by atoms with van der Waals surface area (Å²) < 4.78 is 15.6. The molecule has 6 heteroatoms. The first kappa shape index (κ1) is 8.71. The molecule has 0 aromatic carbocycles. The van der Waals surface area contributed by atoms with Crippen LogP contribution >= 0.6 is 7.37 Å². The summed E-state index contributed by atoms with van der Waals surface area (Å²) in [4.78, 5) is 19.7. The summed E-state index contributed by atoms with van der Waals surface area (Å²) in [6, 6.07) is 0. The third-order valence-corrected chi connectivity index (χ3v) is 2.93. The van der Waals surface area contributed by atoms with Gasteiger partial charge in [0, 0.05) is 0 Å². The highest BCUT2D eigenvalue weighted by atomic mass is 31.2. The van der Waals surface area contributed by atoms with Gasteiger partial charge in [0.1, 0.15) is 6.61 Å². The van der Waals surface area contributed by atoms with E-state index in [-0.39, 0.29) is 31.6 Å². The molecule has 0 spiro atoms. The average molecular weight is 179 g/mol. The summed E-state index contributed by atoms with van der Waals surface area (Å²) in [6.45, 7) is 0.0683. The Bertz CT molecular complexity index is 189. The number of hydrogen-bond acceptors (Lipinski definition) is 4. The van der Waals surface area contributed by atoms with Crippen molar-refractivity contribution in [2.45, 2.75) is 0 Å². The second-order valence-electron chi connectivity index (χ2n) is 2.38. The Labute approximate surface area is 64.2 Å². The molecule has 1 unspecified atom stereocenters. The minimum Gasteiger partial charge on any atom is -0.464 e. The summed E-state index contributed by atoms with van der Waals surface area (Å²) in [5.41, 5.74) is 0. The van der Waals surface area contributed by atoms with Gasteiger partial charge in [0.2, 0.25) is 7.37 Å². The highest BCUT2D eigenvalue weighted by Crippen LogP contribution is 2.38. The molecule has 1 aliphatic heterocycles. The zero-order chi connectivity index (χ0) is 8.32. The molecule has 1 rings (SSSR count). The molecular formula is C5H10NO4P. The van der Waals surface area contributed by atoms with Crippen LogP contribution in [0.15, 0.2) is 0 Å². The number of ether oxygens (including phenoxy) is 1. The van der Waals surface area contributed by atoms with Crippen molar-refractivity contribution in [1.82, 2.24) is 5.32 Å². The van der Waals surface area contributed by atoms with Gasteiger partial charge in [-0.3, -0.25) is 14.7 Å². The van der Waals surface area contributed by atoms with E-state index in [9.17, 15) is 9.36 Å². The summed E-state index contributed by atoms with van der Waals surface area (Å²) >= 11 is 0. The lowest BCUT2D eigenvalue weighted by atomic mass is 10.6. The smallest absolute Gasteiger partial charge is 0.319 e. The Kier molecular flexibility index (Phi) is 2.65. The Morgan fingerprint density at radius 2 is 2.36 bits per heavy atom. The molecule has 2 N–H and O–H groups in total. The Balaban J connectivity index is 2.47. The minimum absolute atomic E-state index is 0.00208. The van der Waals surface area contributed by atoms with Crippen molar-refractivity contribution in [3.05, 3.63) is 0 Å². The van der Waals surface area contributed by atoms with E-state index in [0.29, 0.717) is 0 Å². The predicted molar refractivity (Wildman–Crippen MR) is 38.5 cm³/mol. The zero-order valence-electron chi connectivity index (χ0n) is 5.95. The first-order valence-electron chi connectivity index (χ1n) is 3.27. The predicted octanol–water partition coefficient (Wildman–Crippen LogP) is -0.639. The van der Waals surface area contributed by atoms with Crippen LogP contribution in [0, 0.1) is 0 Å². The average Bonchev–Trinajstić information content (AvgIpc) is 1.83. The standard InChI is InChI=1S/C5H10NO4P/c7-5-3-6-4-11(8,9)2-1-10-5/h6H,1-4H2,(H,8,9). The van der Waals surface area contributed by atoms with Gasteiger partial charge in [0.05, 0.1) is 19.0 Å². The molecule has 1 aliphatic rings. The number of cyclic esters (lactones) is 1. The van der Waals surface area contributed by atoms with Crippen LogP contribution in [0.4, 0.5) is 0 Å². The van der Waals surface area contributed by atoms with Crippen molar-refractivity contribution < 1.29 is 19.0 Å². The van der Waals surface area contributed by atoms with Gasteiger partial charge in [-0.25, -0.2) is 0 Å². The van der Waals surface area contributed by atoms with Crippen molar-refractivity contribution in [3.63, 3.8) is 0 Å². The molecule has 0 bridgehead atoms. The van der Waals surface area contributed by atoms with Gasteiger partial charge >= 0.3 is 5.97 Å². The molecule has 0 aromatic heterocycles. The summed E-state index contributed by atoms with van der Waals surface area (Å²) in [6.07, 6.45) is 0.0494. The fourth-order valence-corrected chi connectivity index (χ4v) is 1.76. The van der Waals surface area contributed by atoms with Gasteiger partial charge in [-0.15, -0.1) is 0 Å². The summed E-state index contributed by atoms with van der Waals surface area (Å²) in [5.74, 6) is -0.371. The molecule has 0 aromatic rings. The molecule has 1 fully saturated rings. The Morgan fingerprint density at radius 1 is 1.64 bits per heavy atom. The van der Waals surface area contributed by atoms with Crippen LogP contribution in [0.1, 0.15) is 0 Å². The molecule has 0 radical (unpaired) electrons. The Hall–Kier alpha value is -0.380. The largest absolute Gasteiger partial charge is 0.464 e. The van der Waals surface area contributed by atoms with E-state index < -0.39 is 7.37 Å². The molecule has 0 saturated carbocycles. The zero-order valence-corrected chi connectivity index (χ0v) is 6.84. The van der Waals surface area contributed by atoms with Gasteiger partial charge < -0.3 is 9.63 Å². The molecule has 0 aliphatic carbocycles. The number of rotatable bonds is 0. The van der Waals surface area contributed by atoms with Crippen LogP contribution in [0.2, 0.25) is 0 Å². The van der Waals surface area contributed by atoms with E-state index in [1.165, 1.54) is 0 Å². The molecule has 1 atom stereocenters. The second-order valence-corrected chi connectivity index (χ2v) is 4.83. The molecule has 64 valence electrons. The van der Waals surface area contributed by atoms with Crippen LogP contribution in [0.25, 0.3) is 0 Å². The number of carbonyl (C=O) groups is 1. The first-order chi connectivity index (χ1) is 5.10. The lowest BCUT2D eigenvalue weighted by Crippen LogP contribution is -2.30. The van der Waals surface area contributed by atoms with Crippen molar-refractivity contribution >= 4 is 13.3 Å². The van der Waals surface area contributed by atoms with E-state index in [1.54, 1.807) is 0 Å². The maximum Gasteiger partial charge on any atom is 0.319 e. The van der Waals surface area contributed by atoms with E-state index in [1.807, 2.05) is 0 Å². The Morgan fingerprint density at radius 3 is 3.09 bits per heavy atom. The maximum absolute atomic E-state index is 11.0. The topological polar surface area (TPSA) is 75.6 Å². The molecular weight excluding hydrogens is 169 g/mol. The lowest BCUT2D eigenvalue weighted by Gasteiger charge is -2.15. The quantitative estimate of drug-likeness (QED) is 0.382. The molecule has 5 nitrogen and oxygen atoms in total. The highest BCUT2D eigenvalue weighted by Gasteiger charge is 2.21. The van der Waals surface area contributed by atoms with Crippen LogP contribution in [-0.4, -0.2) is 36.5 Å². The van der Waals surface area contributed by atoms with Crippen molar-refractivity contribution in [2.24, 2.45) is 0 Å². The maximum atomic E-state index is 11.0. The number of hydrogen-bond donors (Lipinski definition) is 2. The summed E-state index contributed by atoms with van der Waals surface area (Å²) in [5, 5.41) is 2.54.